The van der Waals surface area contributed by atoms with Gasteiger partial charge < -0.3 is 14.5 Å². The van der Waals surface area contributed by atoms with E-state index in [2.05, 4.69) is 38.1 Å². The van der Waals surface area contributed by atoms with Gasteiger partial charge in [0, 0.05) is 36.5 Å². The highest BCUT2D eigenvalue weighted by Crippen LogP contribution is 2.34. The number of likely N-dealkylation sites (N-methyl/N-ethyl adjacent to an activating group) is 1. The minimum Gasteiger partial charge on any atom is -0.380 e. The van der Waals surface area contributed by atoms with E-state index < -0.39 is 0 Å². The SMILES string of the molecule is COCc1c(C(=O)N2C[C@@H](C)[C@@H](N(C)C)C2)sc2ccccc12. The van der Waals surface area contributed by atoms with Crippen LogP contribution in [0.4, 0.5) is 0 Å². The number of carbonyl (C=O) groups excluding carboxylic acids is 1. The maximum absolute atomic E-state index is 13.1. The summed E-state index contributed by atoms with van der Waals surface area (Å²) in [6.45, 7) is 4.32. The highest BCUT2D eigenvalue weighted by Gasteiger charge is 2.35. The lowest BCUT2D eigenvalue weighted by Gasteiger charge is -2.22. The summed E-state index contributed by atoms with van der Waals surface area (Å²) >= 11 is 1.58. The normalized spacial score (nSPS) is 21.5. The van der Waals surface area contributed by atoms with Crippen LogP contribution < -0.4 is 0 Å². The quantitative estimate of drug-likeness (QED) is 0.863. The maximum Gasteiger partial charge on any atom is 0.264 e. The molecular formula is C18H24N2O2S. The van der Waals surface area contributed by atoms with Gasteiger partial charge in [-0.25, -0.2) is 0 Å². The Bertz CT molecular complexity index is 710. The second kappa shape index (κ2) is 6.59. The third kappa shape index (κ3) is 3.01. The van der Waals surface area contributed by atoms with Crippen LogP contribution in [0.2, 0.25) is 0 Å². The Kier molecular flexibility index (Phi) is 4.71. The van der Waals surface area contributed by atoms with E-state index in [1.807, 2.05) is 17.0 Å². The summed E-state index contributed by atoms with van der Waals surface area (Å²) in [6.07, 6.45) is 0. The molecule has 4 nitrogen and oxygen atoms in total. The van der Waals surface area contributed by atoms with E-state index in [0.29, 0.717) is 18.6 Å². The van der Waals surface area contributed by atoms with Crippen LogP contribution in [0.5, 0.6) is 0 Å². The number of likely N-dealkylation sites (tertiary alicyclic amines) is 1. The summed E-state index contributed by atoms with van der Waals surface area (Å²) in [5.74, 6) is 0.642. The van der Waals surface area contributed by atoms with Crippen LogP contribution in [0.25, 0.3) is 10.1 Å². The predicted octanol–water partition coefficient (Wildman–Crippen LogP) is 3.07. The summed E-state index contributed by atoms with van der Waals surface area (Å²) < 4.78 is 6.51. The van der Waals surface area contributed by atoms with Crippen molar-refractivity contribution in [1.82, 2.24) is 9.80 Å². The van der Waals surface area contributed by atoms with Crippen LogP contribution in [0.3, 0.4) is 0 Å². The van der Waals surface area contributed by atoms with Crippen LogP contribution in [-0.4, -0.2) is 56.0 Å². The van der Waals surface area contributed by atoms with Gasteiger partial charge in [0.15, 0.2) is 0 Å². The van der Waals surface area contributed by atoms with Gasteiger partial charge in [-0.3, -0.25) is 4.79 Å². The number of carbonyl (C=O) groups is 1. The molecule has 1 amide bonds. The van der Waals surface area contributed by atoms with Gasteiger partial charge in [-0.05, 0) is 31.5 Å². The number of hydrogen-bond donors (Lipinski definition) is 0. The molecule has 0 N–H and O–H groups in total. The average Bonchev–Trinajstić information content (AvgIpc) is 3.09. The molecule has 1 aliphatic rings. The molecule has 3 rings (SSSR count). The van der Waals surface area contributed by atoms with Crippen LogP contribution >= 0.6 is 11.3 Å². The fourth-order valence-corrected chi connectivity index (χ4v) is 4.67. The molecule has 0 aliphatic carbocycles. The minimum absolute atomic E-state index is 0.148. The predicted molar refractivity (Wildman–Crippen MR) is 95.1 cm³/mol. The zero-order valence-electron chi connectivity index (χ0n) is 14.2. The topological polar surface area (TPSA) is 32.8 Å². The van der Waals surface area contributed by atoms with Gasteiger partial charge >= 0.3 is 0 Å². The molecule has 1 aliphatic heterocycles. The monoisotopic (exact) mass is 332 g/mol. The van der Waals surface area contributed by atoms with Crippen molar-refractivity contribution >= 4 is 27.3 Å². The molecule has 23 heavy (non-hydrogen) atoms. The summed E-state index contributed by atoms with van der Waals surface area (Å²) in [5.41, 5.74) is 1.03. The van der Waals surface area contributed by atoms with E-state index in [1.54, 1.807) is 18.4 Å². The Morgan fingerprint density at radius 1 is 1.35 bits per heavy atom. The fraction of sp³-hybridized carbons (Fsp3) is 0.500. The van der Waals surface area contributed by atoms with Crippen molar-refractivity contribution in [3.05, 3.63) is 34.7 Å². The zero-order chi connectivity index (χ0) is 16.6. The molecule has 1 aromatic carbocycles. The standard InChI is InChI=1S/C18H24N2O2S/c1-12-9-20(10-15(12)19(2)3)18(21)17-14(11-22-4)13-7-5-6-8-16(13)23-17/h5-8,12,15H,9-11H2,1-4H3/t12-,15+/m1/s1. The lowest BCUT2D eigenvalue weighted by atomic mass is 10.1. The summed E-state index contributed by atoms with van der Waals surface area (Å²) in [7, 11) is 5.86. The number of thiophene rings is 1. The first kappa shape index (κ1) is 16.4. The number of hydrogen-bond acceptors (Lipinski definition) is 4. The Hall–Kier alpha value is -1.43. The third-order valence-electron chi connectivity index (χ3n) is 4.70. The first-order valence-electron chi connectivity index (χ1n) is 7.98. The zero-order valence-corrected chi connectivity index (χ0v) is 15.0. The molecule has 1 aromatic heterocycles. The van der Waals surface area contributed by atoms with Gasteiger partial charge in [-0.2, -0.15) is 0 Å². The molecule has 2 atom stereocenters. The van der Waals surface area contributed by atoms with Crippen molar-refractivity contribution in [2.75, 3.05) is 34.3 Å². The molecule has 124 valence electrons. The Balaban J connectivity index is 1.94. The minimum atomic E-state index is 0.148. The molecule has 0 saturated carbocycles. The first-order valence-corrected chi connectivity index (χ1v) is 8.79. The van der Waals surface area contributed by atoms with Gasteiger partial charge in [0.05, 0.1) is 11.5 Å². The van der Waals surface area contributed by atoms with Gasteiger partial charge in [-0.15, -0.1) is 11.3 Å². The second-order valence-corrected chi connectivity index (χ2v) is 7.61. The van der Waals surface area contributed by atoms with Crippen molar-refractivity contribution in [1.29, 1.82) is 0 Å². The van der Waals surface area contributed by atoms with Gasteiger partial charge in [-0.1, -0.05) is 25.1 Å². The number of nitrogens with zero attached hydrogens (tertiary/aromatic N) is 2. The molecule has 1 fully saturated rings. The lowest BCUT2D eigenvalue weighted by molar-refractivity contribution is 0.0782. The molecule has 5 heteroatoms. The van der Waals surface area contributed by atoms with Crippen LogP contribution in [0.1, 0.15) is 22.2 Å². The highest BCUT2D eigenvalue weighted by atomic mass is 32.1. The average molecular weight is 332 g/mol. The highest BCUT2D eigenvalue weighted by molar-refractivity contribution is 7.21. The van der Waals surface area contributed by atoms with Crippen molar-refractivity contribution in [3.63, 3.8) is 0 Å². The molecule has 0 bridgehead atoms. The number of rotatable bonds is 4. The second-order valence-electron chi connectivity index (χ2n) is 6.56. The van der Waals surface area contributed by atoms with Gasteiger partial charge in [0.2, 0.25) is 0 Å². The Labute approximate surface area is 141 Å². The molecule has 0 spiro atoms. The molecule has 2 heterocycles. The largest absolute Gasteiger partial charge is 0.380 e. The number of methoxy groups -OCH3 is 1. The Morgan fingerprint density at radius 2 is 2.09 bits per heavy atom. The smallest absolute Gasteiger partial charge is 0.264 e. The lowest BCUT2D eigenvalue weighted by Crippen LogP contribution is -2.35. The number of ether oxygens (including phenoxy) is 1. The van der Waals surface area contributed by atoms with E-state index in [-0.39, 0.29) is 5.91 Å². The van der Waals surface area contributed by atoms with Gasteiger partial charge in [0.1, 0.15) is 0 Å². The summed E-state index contributed by atoms with van der Waals surface area (Å²) in [6, 6.07) is 8.61. The fourth-order valence-electron chi connectivity index (χ4n) is 3.49. The van der Waals surface area contributed by atoms with E-state index in [1.165, 1.54) is 0 Å². The van der Waals surface area contributed by atoms with Crippen LogP contribution in [0, 0.1) is 5.92 Å². The number of benzene rings is 1. The summed E-state index contributed by atoms with van der Waals surface area (Å²) in [4.78, 5) is 18.1. The van der Waals surface area contributed by atoms with Crippen LogP contribution in [-0.2, 0) is 11.3 Å². The van der Waals surface area contributed by atoms with E-state index in [0.717, 1.165) is 33.6 Å². The molecular weight excluding hydrogens is 308 g/mol. The molecule has 1 saturated heterocycles. The Morgan fingerprint density at radius 3 is 2.74 bits per heavy atom. The first-order chi connectivity index (χ1) is 11.0. The van der Waals surface area contributed by atoms with E-state index in [9.17, 15) is 4.79 Å². The van der Waals surface area contributed by atoms with Gasteiger partial charge in [0.25, 0.3) is 5.91 Å². The van der Waals surface area contributed by atoms with Crippen molar-refractivity contribution in [3.8, 4) is 0 Å². The van der Waals surface area contributed by atoms with E-state index >= 15 is 0 Å². The molecule has 2 aromatic rings. The van der Waals surface area contributed by atoms with Crippen LogP contribution in [0.15, 0.2) is 24.3 Å². The number of fused-ring (bicyclic) bond motifs is 1. The van der Waals surface area contributed by atoms with Crippen molar-refractivity contribution < 1.29 is 9.53 Å². The van der Waals surface area contributed by atoms with Crippen molar-refractivity contribution in [2.24, 2.45) is 5.92 Å². The van der Waals surface area contributed by atoms with Crippen molar-refractivity contribution in [2.45, 2.75) is 19.6 Å². The molecule has 0 radical (unpaired) electrons. The molecule has 0 unspecified atom stereocenters. The maximum atomic E-state index is 13.1. The number of amides is 1. The van der Waals surface area contributed by atoms with E-state index in [4.69, 9.17) is 4.74 Å². The third-order valence-corrected chi connectivity index (χ3v) is 5.91. The summed E-state index contributed by atoms with van der Waals surface area (Å²) in [5, 5.41) is 1.14.